The van der Waals surface area contributed by atoms with Crippen LogP contribution in [0.3, 0.4) is 0 Å². The van der Waals surface area contributed by atoms with Crippen molar-refractivity contribution in [1.82, 2.24) is 0 Å². The molecular weight excluding hydrogens is 289 g/mol. The molecule has 1 aliphatic heterocycles. The number of benzene rings is 1. The van der Waals surface area contributed by atoms with Gasteiger partial charge >= 0.3 is 0 Å². The van der Waals surface area contributed by atoms with E-state index in [1.54, 1.807) is 6.07 Å². The van der Waals surface area contributed by atoms with Crippen LogP contribution in [0.5, 0.6) is 0 Å². The minimum Gasteiger partial charge on any atom is -0.369 e. The highest BCUT2D eigenvalue weighted by molar-refractivity contribution is 5.44. The number of nitrogens with zero attached hydrogens (tertiary/aromatic N) is 1. The molecule has 1 aromatic carbocycles. The molecule has 0 bridgehead atoms. The van der Waals surface area contributed by atoms with Crippen molar-refractivity contribution in [1.29, 1.82) is 5.26 Å². The highest BCUT2D eigenvalue weighted by Crippen LogP contribution is 2.68. The van der Waals surface area contributed by atoms with Gasteiger partial charge in [-0.2, -0.15) is 5.26 Å². The molecule has 0 aromatic heterocycles. The van der Waals surface area contributed by atoms with Gasteiger partial charge in [-0.05, 0) is 73.5 Å². The predicted octanol–water partition coefficient (Wildman–Crippen LogP) is 4.32. The Morgan fingerprint density at radius 3 is 2.83 bits per heavy atom. The van der Waals surface area contributed by atoms with Crippen LogP contribution in [0, 0.1) is 34.4 Å². The van der Waals surface area contributed by atoms with Gasteiger partial charge in [-0.15, -0.1) is 0 Å². The van der Waals surface area contributed by atoms with Gasteiger partial charge in [-0.1, -0.05) is 13.0 Å². The Morgan fingerprint density at radius 2 is 2.09 bits per heavy atom. The van der Waals surface area contributed by atoms with Gasteiger partial charge in [-0.25, -0.2) is 4.39 Å². The minimum atomic E-state index is -0.259. The van der Waals surface area contributed by atoms with Gasteiger partial charge in [0.25, 0.3) is 0 Å². The van der Waals surface area contributed by atoms with Gasteiger partial charge in [0.1, 0.15) is 11.9 Å². The van der Waals surface area contributed by atoms with Crippen molar-refractivity contribution < 1.29 is 9.13 Å². The molecule has 1 saturated heterocycles. The van der Waals surface area contributed by atoms with E-state index in [2.05, 4.69) is 6.92 Å². The molecular formula is C20H22FNO. The van der Waals surface area contributed by atoms with Gasteiger partial charge < -0.3 is 4.74 Å². The number of epoxide rings is 1. The minimum absolute atomic E-state index is 0.179. The monoisotopic (exact) mass is 311 g/mol. The van der Waals surface area contributed by atoms with Crippen molar-refractivity contribution in [3.05, 3.63) is 34.6 Å². The summed E-state index contributed by atoms with van der Waals surface area (Å²) < 4.78 is 20.5. The topological polar surface area (TPSA) is 36.3 Å². The quantitative estimate of drug-likeness (QED) is 0.669. The highest BCUT2D eigenvalue weighted by atomic mass is 19.1. The number of hydrogen-bond donors (Lipinski definition) is 0. The lowest BCUT2D eigenvalue weighted by molar-refractivity contribution is 0.0119. The molecule has 5 rings (SSSR count). The molecule has 23 heavy (non-hydrogen) atoms. The normalized spacial score (nSPS) is 43.4. The van der Waals surface area contributed by atoms with Crippen LogP contribution < -0.4 is 0 Å². The standard InChI is InChI=1S/C20H22FNO/c1-19-8-6-14-13-3-2-12(10-22)18(21)16(13)5-4-15(14)17(19)7-9-20(19)11-23-20/h2-3,14-15,17H,4-9,11H2,1H3/t14?,15?,17?,19-,20+/m0/s1. The van der Waals surface area contributed by atoms with Crippen LogP contribution in [-0.4, -0.2) is 12.2 Å². The number of fused-ring (bicyclic) bond motifs is 6. The van der Waals surface area contributed by atoms with Gasteiger partial charge in [-0.3, -0.25) is 0 Å². The fourth-order valence-electron chi connectivity index (χ4n) is 6.36. The van der Waals surface area contributed by atoms with Crippen molar-refractivity contribution >= 4 is 0 Å². The molecule has 2 nitrogen and oxygen atoms in total. The molecule has 0 amide bonds. The van der Waals surface area contributed by atoms with Gasteiger partial charge in [0.15, 0.2) is 0 Å². The van der Waals surface area contributed by atoms with E-state index >= 15 is 0 Å². The molecule has 5 atom stereocenters. The Balaban J connectivity index is 1.55. The Bertz CT molecular complexity index is 732. The summed E-state index contributed by atoms with van der Waals surface area (Å²) in [5.74, 6) is 1.60. The van der Waals surface area contributed by atoms with E-state index < -0.39 is 0 Å². The molecule has 3 fully saturated rings. The van der Waals surface area contributed by atoms with Crippen molar-refractivity contribution in [3.8, 4) is 6.07 Å². The van der Waals surface area contributed by atoms with Crippen LogP contribution in [0.15, 0.2) is 12.1 Å². The third-order valence-corrected chi connectivity index (χ3v) is 7.75. The second-order valence-corrected chi connectivity index (χ2v) is 8.30. The van der Waals surface area contributed by atoms with Crippen LogP contribution in [0.4, 0.5) is 4.39 Å². The molecule has 0 N–H and O–H groups in total. The molecule has 1 heterocycles. The predicted molar refractivity (Wildman–Crippen MR) is 84.4 cm³/mol. The maximum Gasteiger partial charge on any atom is 0.144 e. The number of ether oxygens (including phenoxy) is 1. The van der Waals surface area contributed by atoms with E-state index in [9.17, 15) is 4.39 Å². The lowest BCUT2D eigenvalue weighted by Crippen LogP contribution is -2.45. The number of hydrogen-bond acceptors (Lipinski definition) is 2. The van der Waals surface area contributed by atoms with Crippen LogP contribution in [0.1, 0.15) is 61.6 Å². The first-order chi connectivity index (χ1) is 11.1. The lowest BCUT2D eigenvalue weighted by Gasteiger charge is -2.50. The van der Waals surface area contributed by atoms with E-state index in [-0.39, 0.29) is 17.0 Å². The zero-order valence-electron chi connectivity index (χ0n) is 13.6. The summed E-state index contributed by atoms with van der Waals surface area (Å²) in [5.41, 5.74) is 2.73. The molecule has 1 aromatic rings. The SMILES string of the molecule is C[C@]12CCC3c4ccc(C#N)c(F)c4CCC3C1CC[C@@]21CO1. The Kier molecular flexibility index (Phi) is 2.65. The summed E-state index contributed by atoms with van der Waals surface area (Å²) in [6, 6.07) is 5.71. The largest absolute Gasteiger partial charge is 0.369 e. The summed E-state index contributed by atoms with van der Waals surface area (Å²) >= 11 is 0. The molecule has 120 valence electrons. The fourth-order valence-corrected chi connectivity index (χ4v) is 6.36. The molecule has 3 aliphatic carbocycles. The molecule has 0 radical (unpaired) electrons. The average molecular weight is 311 g/mol. The van der Waals surface area contributed by atoms with Crippen LogP contribution >= 0.6 is 0 Å². The van der Waals surface area contributed by atoms with E-state index in [0.29, 0.717) is 17.3 Å². The first-order valence-electron chi connectivity index (χ1n) is 8.95. The first kappa shape index (κ1) is 14.0. The van der Waals surface area contributed by atoms with Crippen molar-refractivity contribution in [2.45, 2.75) is 57.0 Å². The van der Waals surface area contributed by atoms with Gasteiger partial charge in [0.05, 0.1) is 17.8 Å². The second-order valence-electron chi connectivity index (χ2n) is 8.30. The van der Waals surface area contributed by atoms with Crippen LogP contribution in [-0.2, 0) is 11.2 Å². The smallest absolute Gasteiger partial charge is 0.144 e. The molecule has 3 heteroatoms. The highest BCUT2D eigenvalue weighted by Gasteiger charge is 2.68. The van der Waals surface area contributed by atoms with Crippen LogP contribution in [0.2, 0.25) is 0 Å². The van der Waals surface area contributed by atoms with E-state index in [0.717, 1.165) is 37.4 Å². The average Bonchev–Trinajstić information content (AvgIpc) is 3.29. The molecule has 2 saturated carbocycles. The first-order valence-corrected chi connectivity index (χ1v) is 8.95. The third kappa shape index (κ3) is 1.61. The van der Waals surface area contributed by atoms with Crippen LogP contribution in [0.25, 0.3) is 0 Å². The number of rotatable bonds is 0. The zero-order valence-corrected chi connectivity index (χ0v) is 13.6. The van der Waals surface area contributed by atoms with E-state index in [4.69, 9.17) is 10.00 Å². The summed E-state index contributed by atoms with van der Waals surface area (Å²) in [5, 5.41) is 9.07. The van der Waals surface area contributed by atoms with Crippen molar-refractivity contribution in [3.63, 3.8) is 0 Å². The second kappa shape index (κ2) is 4.36. The maximum absolute atomic E-state index is 14.5. The molecule has 3 unspecified atom stereocenters. The van der Waals surface area contributed by atoms with Crippen molar-refractivity contribution in [2.75, 3.05) is 6.61 Å². The van der Waals surface area contributed by atoms with E-state index in [1.807, 2.05) is 12.1 Å². The Hall–Kier alpha value is -1.40. The summed E-state index contributed by atoms with van der Waals surface area (Å²) in [7, 11) is 0. The van der Waals surface area contributed by atoms with Gasteiger partial charge in [0.2, 0.25) is 0 Å². The Morgan fingerprint density at radius 1 is 1.26 bits per heavy atom. The third-order valence-electron chi connectivity index (χ3n) is 7.75. The Labute approximate surface area is 136 Å². The summed E-state index contributed by atoms with van der Waals surface area (Å²) in [6.45, 7) is 3.40. The van der Waals surface area contributed by atoms with E-state index in [1.165, 1.54) is 24.8 Å². The lowest BCUT2D eigenvalue weighted by atomic mass is 9.54. The zero-order chi connectivity index (χ0) is 15.8. The maximum atomic E-state index is 14.5. The molecule has 4 aliphatic rings. The number of halogens is 1. The fraction of sp³-hybridized carbons (Fsp3) is 0.650. The molecule has 1 spiro atoms. The van der Waals surface area contributed by atoms with Crippen molar-refractivity contribution in [2.24, 2.45) is 17.3 Å². The van der Waals surface area contributed by atoms with Gasteiger partial charge in [0, 0.05) is 5.41 Å². The summed E-state index contributed by atoms with van der Waals surface area (Å²) in [6.07, 6.45) is 6.68. The number of nitriles is 1. The summed E-state index contributed by atoms with van der Waals surface area (Å²) in [4.78, 5) is 0.